The SMILES string of the molecule is COc1ccccc1Nc1cc(NCc2cccc(S(C)(=O)=O)c2)c(C(F)(F)F)cn1. The zero-order chi connectivity index (χ0) is 22.6. The summed E-state index contributed by atoms with van der Waals surface area (Å²) in [5.74, 6) is 0.696. The van der Waals surface area contributed by atoms with Gasteiger partial charge in [0.15, 0.2) is 9.84 Å². The van der Waals surface area contributed by atoms with E-state index in [1.165, 1.54) is 25.3 Å². The van der Waals surface area contributed by atoms with Gasteiger partial charge < -0.3 is 15.4 Å². The van der Waals surface area contributed by atoms with Gasteiger partial charge in [0.25, 0.3) is 0 Å². The fourth-order valence-corrected chi connectivity index (χ4v) is 3.56. The van der Waals surface area contributed by atoms with Crippen molar-refractivity contribution in [2.24, 2.45) is 0 Å². The zero-order valence-electron chi connectivity index (χ0n) is 16.7. The van der Waals surface area contributed by atoms with E-state index in [0.29, 0.717) is 17.0 Å². The maximum absolute atomic E-state index is 13.5. The molecule has 0 saturated carbocycles. The molecule has 0 amide bonds. The molecule has 0 fully saturated rings. The third-order valence-corrected chi connectivity index (χ3v) is 5.50. The van der Waals surface area contributed by atoms with Crippen LogP contribution in [0, 0.1) is 0 Å². The van der Waals surface area contributed by atoms with Gasteiger partial charge in [-0.15, -0.1) is 0 Å². The normalized spacial score (nSPS) is 11.8. The Hall–Kier alpha value is -3.27. The van der Waals surface area contributed by atoms with Crippen LogP contribution in [0.25, 0.3) is 0 Å². The Morgan fingerprint density at radius 1 is 1.03 bits per heavy atom. The molecular formula is C21H20F3N3O3S. The van der Waals surface area contributed by atoms with E-state index in [1.54, 1.807) is 36.4 Å². The summed E-state index contributed by atoms with van der Waals surface area (Å²) in [7, 11) is -1.94. The Balaban J connectivity index is 1.90. The van der Waals surface area contributed by atoms with Crippen LogP contribution >= 0.6 is 0 Å². The molecular weight excluding hydrogens is 431 g/mol. The number of ether oxygens (including phenoxy) is 1. The molecule has 0 spiro atoms. The van der Waals surface area contributed by atoms with Gasteiger partial charge >= 0.3 is 6.18 Å². The number of pyridine rings is 1. The van der Waals surface area contributed by atoms with Crippen LogP contribution in [0.1, 0.15) is 11.1 Å². The molecule has 0 atom stereocenters. The van der Waals surface area contributed by atoms with Gasteiger partial charge in [-0.05, 0) is 29.8 Å². The van der Waals surface area contributed by atoms with Crippen molar-refractivity contribution < 1.29 is 26.3 Å². The summed E-state index contributed by atoms with van der Waals surface area (Å²) in [4.78, 5) is 3.97. The molecule has 10 heteroatoms. The number of hydrogen-bond donors (Lipinski definition) is 2. The van der Waals surface area contributed by atoms with Gasteiger partial charge in [0.2, 0.25) is 0 Å². The highest BCUT2D eigenvalue weighted by molar-refractivity contribution is 7.90. The minimum Gasteiger partial charge on any atom is -0.495 e. The number of sulfone groups is 1. The molecule has 3 aromatic rings. The van der Waals surface area contributed by atoms with Crippen molar-refractivity contribution >= 4 is 27.0 Å². The fraction of sp³-hybridized carbons (Fsp3) is 0.190. The standard InChI is InChI=1S/C21H20F3N3O3S/c1-30-19-9-4-3-8-17(19)27-20-11-18(16(13-26-20)21(22,23)24)25-12-14-6-5-7-15(10-14)31(2,28)29/h3-11,13H,12H2,1-2H3,(H2,25,26,27). The lowest BCUT2D eigenvalue weighted by atomic mass is 10.2. The number of hydrogen-bond acceptors (Lipinski definition) is 6. The summed E-state index contributed by atoms with van der Waals surface area (Å²) in [6.07, 6.45) is -2.81. The number of para-hydroxylation sites is 2. The summed E-state index contributed by atoms with van der Waals surface area (Å²) < 4.78 is 69.1. The summed E-state index contributed by atoms with van der Waals surface area (Å²) in [5.41, 5.74) is -0.0573. The number of aromatic nitrogens is 1. The van der Waals surface area contributed by atoms with Crippen LogP contribution in [0.2, 0.25) is 0 Å². The first kappa shape index (κ1) is 22.4. The van der Waals surface area contributed by atoms with Crippen LogP contribution in [0.4, 0.5) is 30.4 Å². The molecule has 0 unspecified atom stereocenters. The Labute approximate surface area is 178 Å². The van der Waals surface area contributed by atoms with Gasteiger partial charge in [-0.25, -0.2) is 13.4 Å². The predicted molar refractivity (Wildman–Crippen MR) is 112 cm³/mol. The Bertz CT molecular complexity index is 1180. The third-order valence-electron chi connectivity index (χ3n) is 4.39. The molecule has 31 heavy (non-hydrogen) atoms. The van der Waals surface area contributed by atoms with Crippen molar-refractivity contribution in [3.05, 3.63) is 71.9 Å². The molecule has 0 radical (unpaired) electrons. The van der Waals surface area contributed by atoms with Crippen LogP contribution in [0.15, 0.2) is 65.7 Å². The van der Waals surface area contributed by atoms with E-state index in [4.69, 9.17) is 4.74 Å². The van der Waals surface area contributed by atoms with E-state index in [1.807, 2.05) is 0 Å². The van der Waals surface area contributed by atoms with E-state index < -0.39 is 21.6 Å². The second kappa shape index (κ2) is 8.84. The van der Waals surface area contributed by atoms with E-state index in [0.717, 1.165) is 12.5 Å². The van der Waals surface area contributed by atoms with E-state index >= 15 is 0 Å². The van der Waals surface area contributed by atoms with E-state index in [9.17, 15) is 21.6 Å². The molecule has 6 nitrogen and oxygen atoms in total. The molecule has 1 heterocycles. The molecule has 0 aliphatic heterocycles. The molecule has 1 aromatic heterocycles. The monoisotopic (exact) mass is 451 g/mol. The Morgan fingerprint density at radius 3 is 2.45 bits per heavy atom. The summed E-state index contributed by atoms with van der Waals surface area (Å²) in [5, 5.41) is 5.69. The molecule has 164 valence electrons. The molecule has 0 aliphatic rings. The number of benzene rings is 2. The maximum atomic E-state index is 13.5. The number of alkyl halides is 3. The molecule has 3 rings (SSSR count). The zero-order valence-corrected chi connectivity index (χ0v) is 17.5. The topological polar surface area (TPSA) is 80.3 Å². The number of nitrogens with one attached hydrogen (secondary N) is 2. The smallest absolute Gasteiger partial charge is 0.419 e. The van der Waals surface area contributed by atoms with Gasteiger partial charge in [0, 0.05) is 25.1 Å². The second-order valence-electron chi connectivity index (χ2n) is 6.71. The van der Waals surface area contributed by atoms with Gasteiger partial charge in [-0.2, -0.15) is 13.2 Å². The van der Waals surface area contributed by atoms with Crippen LogP contribution < -0.4 is 15.4 Å². The highest BCUT2D eigenvalue weighted by atomic mass is 32.2. The first-order valence-corrected chi connectivity index (χ1v) is 11.0. The van der Waals surface area contributed by atoms with Crippen molar-refractivity contribution in [2.45, 2.75) is 17.6 Å². The van der Waals surface area contributed by atoms with Crippen molar-refractivity contribution in [1.29, 1.82) is 0 Å². The number of methoxy groups -OCH3 is 1. The average Bonchev–Trinajstić information content (AvgIpc) is 2.71. The molecule has 2 aromatic carbocycles. The van der Waals surface area contributed by atoms with Gasteiger partial charge in [-0.3, -0.25) is 0 Å². The second-order valence-corrected chi connectivity index (χ2v) is 8.73. The van der Waals surface area contributed by atoms with Crippen LogP contribution in [0.5, 0.6) is 5.75 Å². The molecule has 0 saturated heterocycles. The lowest BCUT2D eigenvalue weighted by Gasteiger charge is -2.17. The van der Waals surface area contributed by atoms with E-state index in [-0.39, 0.29) is 22.9 Å². The van der Waals surface area contributed by atoms with Crippen LogP contribution in [-0.2, 0) is 22.6 Å². The van der Waals surface area contributed by atoms with E-state index in [2.05, 4.69) is 15.6 Å². The number of halogens is 3. The van der Waals surface area contributed by atoms with Crippen molar-refractivity contribution in [1.82, 2.24) is 4.98 Å². The third kappa shape index (κ3) is 5.66. The number of anilines is 3. The summed E-state index contributed by atoms with van der Waals surface area (Å²) in [6, 6.07) is 14.2. The van der Waals surface area contributed by atoms with Gasteiger partial charge in [0.05, 0.1) is 28.9 Å². The summed E-state index contributed by atoms with van der Waals surface area (Å²) >= 11 is 0. The highest BCUT2D eigenvalue weighted by Crippen LogP contribution is 2.36. The number of nitrogens with zero attached hydrogens (tertiary/aromatic N) is 1. The van der Waals surface area contributed by atoms with Crippen molar-refractivity contribution in [2.75, 3.05) is 24.0 Å². The first-order valence-electron chi connectivity index (χ1n) is 9.08. The van der Waals surface area contributed by atoms with Crippen molar-refractivity contribution in [3.8, 4) is 5.75 Å². The average molecular weight is 451 g/mol. The van der Waals surface area contributed by atoms with Gasteiger partial charge in [0.1, 0.15) is 11.6 Å². The fourth-order valence-electron chi connectivity index (χ4n) is 2.87. The summed E-state index contributed by atoms with van der Waals surface area (Å²) in [6.45, 7) is -0.00937. The first-order chi connectivity index (χ1) is 14.6. The van der Waals surface area contributed by atoms with Crippen LogP contribution in [0.3, 0.4) is 0 Å². The Morgan fingerprint density at radius 2 is 1.77 bits per heavy atom. The highest BCUT2D eigenvalue weighted by Gasteiger charge is 2.34. The van der Waals surface area contributed by atoms with Crippen LogP contribution in [-0.4, -0.2) is 26.8 Å². The quantitative estimate of drug-likeness (QED) is 0.534. The lowest BCUT2D eigenvalue weighted by Crippen LogP contribution is -2.12. The predicted octanol–water partition coefficient (Wildman–Crippen LogP) is 4.87. The molecule has 0 bridgehead atoms. The molecule has 0 aliphatic carbocycles. The Kier molecular flexibility index (Phi) is 6.40. The van der Waals surface area contributed by atoms with Gasteiger partial charge in [-0.1, -0.05) is 24.3 Å². The lowest BCUT2D eigenvalue weighted by molar-refractivity contribution is -0.137. The van der Waals surface area contributed by atoms with Crippen molar-refractivity contribution in [3.63, 3.8) is 0 Å². The minimum absolute atomic E-state index is 0.00937. The molecule has 2 N–H and O–H groups in total. The number of rotatable bonds is 7. The maximum Gasteiger partial charge on any atom is 0.419 e. The minimum atomic E-state index is -4.62. The largest absolute Gasteiger partial charge is 0.495 e.